The summed E-state index contributed by atoms with van der Waals surface area (Å²) in [7, 11) is 0. The first-order valence-corrected chi connectivity index (χ1v) is 8.16. The largest absolute Gasteiger partial charge is 0.399 e. The van der Waals surface area contributed by atoms with E-state index in [2.05, 4.69) is 20.9 Å². The number of aryl methyl sites for hydroxylation is 2. The van der Waals surface area contributed by atoms with E-state index in [1.165, 1.54) is 0 Å². The summed E-state index contributed by atoms with van der Waals surface area (Å²) < 4.78 is 2.20. The number of nitrogens with zero attached hydrogens (tertiary/aromatic N) is 2. The van der Waals surface area contributed by atoms with E-state index in [0.717, 1.165) is 35.4 Å². The Balaban J connectivity index is 0.00000169. The van der Waals surface area contributed by atoms with E-state index in [4.69, 9.17) is 5.73 Å². The van der Waals surface area contributed by atoms with Gasteiger partial charge in [0.05, 0.1) is 17.5 Å². The van der Waals surface area contributed by atoms with Crippen molar-refractivity contribution < 1.29 is 4.79 Å². The molecule has 1 aromatic heterocycles. The lowest BCUT2D eigenvalue weighted by Gasteiger charge is -2.08. The number of fused-ring (bicyclic) bond motifs is 1. The highest BCUT2D eigenvalue weighted by atomic mass is 35.5. The summed E-state index contributed by atoms with van der Waals surface area (Å²) in [5.41, 5.74) is 9.48. The second-order valence-corrected chi connectivity index (χ2v) is 5.92. The summed E-state index contributed by atoms with van der Waals surface area (Å²) in [5, 5.41) is 2.97. The molecule has 7 heteroatoms. The minimum absolute atomic E-state index is 0. The Labute approximate surface area is 165 Å². The molecule has 26 heavy (non-hydrogen) atoms. The van der Waals surface area contributed by atoms with Crippen LogP contribution in [0.4, 0.5) is 5.69 Å². The maximum absolute atomic E-state index is 12.0. The number of carbonyl (C=O) groups is 1. The van der Waals surface area contributed by atoms with Crippen LogP contribution in [0.2, 0.25) is 0 Å². The van der Waals surface area contributed by atoms with Crippen molar-refractivity contribution in [1.82, 2.24) is 14.9 Å². The molecule has 0 bridgehead atoms. The van der Waals surface area contributed by atoms with Crippen molar-refractivity contribution in [3.8, 4) is 0 Å². The minimum atomic E-state index is 0. The van der Waals surface area contributed by atoms with E-state index in [1.54, 1.807) is 0 Å². The van der Waals surface area contributed by atoms with Gasteiger partial charge in [-0.25, -0.2) is 4.98 Å². The van der Waals surface area contributed by atoms with Gasteiger partial charge in [-0.1, -0.05) is 24.3 Å². The van der Waals surface area contributed by atoms with Crippen molar-refractivity contribution >= 4 is 47.4 Å². The quantitative estimate of drug-likeness (QED) is 0.496. The summed E-state index contributed by atoms with van der Waals surface area (Å²) in [6.45, 7) is 3.51. The molecule has 3 N–H and O–H groups in total. The zero-order chi connectivity index (χ0) is 16.9. The molecule has 0 saturated heterocycles. The van der Waals surface area contributed by atoms with Crippen LogP contribution in [0, 0.1) is 6.92 Å². The number of hydrogen-bond donors (Lipinski definition) is 2. The van der Waals surface area contributed by atoms with Gasteiger partial charge in [-0.2, -0.15) is 0 Å². The van der Waals surface area contributed by atoms with Crippen molar-refractivity contribution in [2.24, 2.45) is 0 Å². The first-order chi connectivity index (χ1) is 11.6. The van der Waals surface area contributed by atoms with Gasteiger partial charge in [-0.15, -0.1) is 24.8 Å². The van der Waals surface area contributed by atoms with E-state index >= 15 is 0 Å². The number of aromatic nitrogens is 2. The number of nitrogen functional groups attached to an aromatic ring is 1. The molecule has 0 saturated carbocycles. The first kappa shape index (κ1) is 21.8. The summed E-state index contributed by atoms with van der Waals surface area (Å²) in [6, 6.07) is 15.5. The zero-order valence-corrected chi connectivity index (χ0v) is 16.3. The van der Waals surface area contributed by atoms with E-state index in [1.807, 2.05) is 49.4 Å². The van der Waals surface area contributed by atoms with Gasteiger partial charge in [0.2, 0.25) is 5.91 Å². The van der Waals surface area contributed by atoms with Crippen LogP contribution in [0.25, 0.3) is 11.0 Å². The van der Waals surface area contributed by atoms with E-state index in [0.29, 0.717) is 18.7 Å². The molecule has 3 aromatic rings. The molecule has 3 rings (SSSR count). The van der Waals surface area contributed by atoms with E-state index < -0.39 is 0 Å². The minimum Gasteiger partial charge on any atom is -0.399 e. The zero-order valence-electron chi connectivity index (χ0n) is 14.6. The Hall–Kier alpha value is -2.24. The molecule has 1 heterocycles. The van der Waals surface area contributed by atoms with Gasteiger partial charge in [0.1, 0.15) is 5.82 Å². The van der Waals surface area contributed by atoms with Crippen LogP contribution >= 0.6 is 24.8 Å². The average molecular weight is 395 g/mol. The Morgan fingerprint density at radius 1 is 1.12 bits per heavy atom. The maximum Gasteiger partial charge on any atom is 0.224 e. The van der Waals surface area contributed by atoms with Crippen LogP contribution in [-0.2, 0) is 17.8 Å². The number of amides is 1. The second kappa shape index (κ2) is 10.0. The van der Waals surface area contributed by atoms with Crippen molar-refractivity contribution in [1.29, 1.82) is 0 Å². The van der Waals surface area contributed by atoms with Crippen molar-refractivity contribution in [3.05, 3.63) is 59.9 Å². The van der Waals surface area contributed by atoms with Gasteiger partial charge in [0.25, 0.3) is 0 Å². The predicted octanol–water partition coefficient (Wildman–Crippen LogP) is 3.52. The molecule has 1 amide bonds. The molecule has 0 radical (unpaired) electrons. The van der Waals surface area contributed by atoms with E-state index in [9.17, 15) is 4.79 Å². The van der Waals surface area contributed by atoms with Gasteiger partial charge in [-0.05, 0) is 43.2 Å². The van der Waals surface area contributed by atoms with Gasteiger partial charge in [-0.3, -0.25) is 4.79 Å². The fourth-order valence-electron chi connectivity index (χ4n) is 2.83. The number of anilines is 1. The smallest absolute Gasteiger partial charge is 0.224 e. The second-order valence-electron chi connectivity index (χ2n) is 5.92. The number of imidazole rings is 1. The third kappa shape index (κ3) is 5.38. The molecule has 0 fully saturated rings. The number of benzene rings is 2. The van der Waals surface area contributed by atoms with Gasteiger partial charge < -0.3 is 15.6 Å². The Morgan fingerprint density at radius 2 is 1.81 bits per heavy atom. The maximum atomic E-state index is 12.0. The summed E-state index contributed by atoms with van der Waals surface area (Å²) in [5.74, 6) is 1.04. The number of nitrogens with one attached hydrogen (secondary N) is 1. The fraction of sp³-hybridized carbons (Fsp3) is 0.263. The highest BCUT2D eigenvalue weighted by Crippen LogP contribution is 2.15. The molecule has 0 aliphatic heterocycles. The monoisotopic (exact) mass is 394 g/mol. The van der Waals surface area contributed by atoms with Gasteiger partial charge >= 0.3 is 0 Å². The third-order valence-corrected chi connectivity index (χ3v) is 4.07. The molecule has 0 aliphatic carbocycles. The summed E-state index contributed by atoms with van der Waals surface area (Å²) >= 11 is 0. The topological polar surface area (TPSA) is 72.9 Å². The Kier molecular flexibility index (Phi) is 8.42. The Morgan fingerprint density at radius 3 is 2.54 bits per heavy atom. The lowest BCUT2D eigenvalue weighted by molar-refractivity contribution is -0.120. The van der Waals surface area contributed by atoms with Crippen LogP contribution in [-0.4, -0.2) is 22.0 Å². The first-order valence-electron chi connectivity index (χ1n) is 8.16. The van der Waals surface area contributed by atoms with E-state index in [-0.39, 0.29) is 30.7 Å². The SMILES string of the molecule is Cc1nc2ccccc2n1CCCNC(=O)Cc1ccc(N)cc1.Cl.Cl. The molecular formula is C19H24Cl2N4O. The molecule has 2 aromatic carbocycles. The van der Waals surface area contributed by atoms with Crippen LogP contribution in [0.1, 0.15) is 17.8 Å². The normalized spacial score (nSPS) is 10.0. The highest BCUT2D eigenvalue weighted by Gasteiger charge is 2.07. The molecule has 0 spiro atoms. The van der Waals surface area contributed by atoms with Crippen molar-refractivity contribution in [2.75, 3.05) is 12.3 Å². The number of para-hydroxylation sites is 2. The number of halogens is 2. The number of carbonyl (C=O) groups excluding carboxylic acids is 1. The third-order valence-electron chi connectivity index (χ3n) is 4.07. The molecule has 0 aliphatic rings. The molecule has 0 atom stereocenters. The number of hydrogen-bond acceptors (Lipinski definition) is 3. The lowest BCUT2D eigenvalue weighted by Crippen LogP contribution is -2.26. The van der Waals surface area contributed by atoms with Crippen LogP contribution in [0.15, 0.2) is 48.5 Å². The molecular weight excluding hydrogens is 371 g/mol. The molecule has 5 nitrogen and oxygen atoms in total. The summed E-state index contributed by atoms with van der Waals surface area (Å²) in [6.07, 6.45) is 1.25. The van der Waals surface area contributed by atoms with Crippen LogP contribution in [0.5, 0.6) is 0 Å². The molecule has 0 unspecified atom stereocenters. The number of nitrogens with two attached hydrogens (primary N) is 1. The molecule has 140 valence electrons. The predicted molar refractivity (Wildman–Crippen MR) is 111 cm³/mol. The van der Waals surface area contributed by atoms with Gasteiger partial charge in [0, 0.05) is 18.8 Å². The van der Waals surface area contributed by atoms with Gasteiger partial charge in [0.15, 0.2) is 0 Å². The standard InChI is InChI=1S/C19H22N4O.2ClH/c1-14-22-17-5-2-3-6-18(17)23(14)12-4-11-21-19(24)13-15-7-9-16(20)10-8-15;;/h2-3,5-10H,4,11-13,20H2,1H3,(H,21,24);2*1H. The van der Waals surface area contributed by atoms with Crippen LogP contribution in [0.3, 0.4) is 0 Å². The average Bonchev–Trinajstić information content (AvgIpc) is 2.89. The lowest BCUT2D eigenvalue weighted by atomic mass is 10.1. The Bertz CT molecular complexity index is 846. The highest BCUT2D eigenvalue weighted by molar-refractivity contribution is 5.85. The number of rotatable bonds is 6. The van der Waals surface area contributed by atoms with Crippen molar-refractivity contribution in [3.63, 3.8) is 0 Å². The fourth-order valence-corrected chi connectivity index (χ4v) is 2.83. The van der Waals surface area contributed by atoms with Crippen molar-refractivity contribution in [2.45, 2.75) is 26.3 Å². The van der Waals surface area contributed by atoms with Crippen LogP contribution < -0.4 is 11.1 Å². The summed E-state index contributed by atoms with van der Waals surface area (Å²) in [4.78, 5) is 16.5.